The van der Waals surface area contributed by atoms with E-state index in [4.69, 9.17) is 0 Å². The molecule has 0 aromatic carbocycles. The van der Waals surface area contributed by atoms with E-state index in [1.807, 2.05) is 24.8 Å². The Morgan fingerprint density at radius 1 is 1.35 bits per heavy atom. The lowest BCUT2D eigenvalue weighted by atomic mass is 10.0. The largest absolute Gasteiger partial charge is 0.338 e. The van der Waals surface area contributed by atoms with Crippen molar-refractivity contribution in [2.75, 3.05) is 19.6 Å². The van der Waals surface area contributed by atoms with Gasteiger partial charge in [0.25, 0.3) is 5.91 Å². The third kappa shape index (κ3) is 3.54. The van der Waals surface area contributed by atoms with Gasteiger partial charge in [-0.25, -0.2) is 0 Å². The number of aryl methyl sites for hydroxylation is 2. The lowest BCUT2D eigenvalue weighted by molar-refractivity contribution is 0.0703. The predicted octanol–water partition coefficient (Wildman–Crippen LogP) is 1.70. The maximum absolute atomic E-state index is 12.5. The van der Waals surface area contributed by atoms with Crippen LogP contribution in [-0.2, 0) is 0 Å². The summed E-state index contributed by atoms with van der Waals surface area (Å²) in [6, 6.07) is 2.39. The molecule has 1 saturated heterocycles. The number of aromatic nitrogens is 2. The molecule has 1 aliphatic heterocycles. The Morgan fingerprint density at radius 3 is 2.70 bits per heavy atom. The lowest BCUT2D eigenvalue weighted by Crippen LogP contribution is -2.45. The Bertz CT molecular complexity index is 467. The first-order valence-electron chi connectivity index (χ1n) is 7.45. The molecule has 20 heavy (non-hydrogen) atoms. The Hall–Kier alpha value is -1.49. The summed E-state index contributed by atoms with van der Waals surface area (Å²) in [7, 11) is 0. The maximum Gasteiger partial charge on any atom is 0.255 e. The van der Waals surface area contributed by atoms with Gasteiger partial charge in [-0.3, -0.25) is 4.79 Å². The molecule has 1 aromatic heterocycles. The predicted molar refractivity (Wildman–Crippen MR) is 78.7 cm³/mol. The fourth-order valence-electron chi connectivity index (χ4n) is 2.57. The molecule has 0 radical (unpaired) electrons. The van der Waals surface area contributed by atoms with E-state index in [9.17, 15) is 4.79 Å². The molecule has 0 atom stereocenters. The van der Waals surface area contributed by atoms with Crippen LogP contribution in [0.2, 0.25) is 0 Å². The van der Waals surface area contributed by atoms with Gasteiger partial charge in [-0.05, 0) is 45.7 Å². The molecule has 1 aliphatic rings. The van der Waals surface area contributed by atoms with E-state index in [-0.39, 0.29) is 5.91 Å². The van der Waals surface area contributed by atoms with Crippen molar-refractivity contribution < 1.29 is 4.79 Å². The van der Waals surface area contributed by atoms with Crippen LogP contribution in [0.1, 0.15) is 47.9 Å². The van der Waals surface area contributed by atoms with Gasteiger partial charge in [0, 0.05) is 19.1 Å². The van der Waals surface area contributed by atoms with Crippen LogP contribution in [0.4, 0.5) is 0 Å². The molecule has 1 fully saturated rings. The van der Waals surface area contributed by atoms with Gasteiger partial charge in [-0.1, -0.05) is 6.92 Å². The second-order valence-corrected chi connectivity index (χ2v) is 5.51. The van der Waals surface area contributed by atoms with E-state index in [0.717, 1.165) is 44.6 Å². The van der Waals surface area contributed by atoms with Crippen LogP contribution < -0.4 is 5.32 Å². The van der Waals surface area contributed by atoms with Crippen LogP contribution >= 0.6 is 0 Å². The molecule has 1 aromatic rings. The van der Waals surface area contributed by atoms with E-state index in [2.05, 4.69) is 22.4 Å². The van der Waals surface area contributed by atoms with E-state index >= 15 is 0 Å². The number of likely N-dealkylation sites (tertiary alicyclic amines) is 1. The average molecular weight is 276 g/mol. The number of piperidine rings is 1. The normalized spacial score (nSPS) is 16.4. The zero-order chi connectivity index (χ0) is 14.5. The first-order chi connectivity index (χ1) is 9.61. The zero-order valence-corrected chi connectivity index (χ0v) is 12.6. The molecule has 0 unspecified atom stereocenters. The van der Waals surface area contributed by atoms with Crippen LogP contribution in [0.5, 0.6) is 0 Å². The van der Waals surface area contributed by atoms with Crippen LogP contribution in [0, 0.1) is 13.8 Å². The van der Waals surface area contributed by atoms with Gasteiger partial charge in [0.15, 0.2) is 0 Å². The molecule has 0 aliphatic carbocycles. The smallest absolute Gasteiger partial charge is 0.255 e. The summed E-state index contributed by atoms with van der Waals surface area (Å²) < 4.78 is 0. The highest BCUT2D eigenvalue weighted by atomic mass is 16.2. The Balaban J connectivity index is 1.96. The summed E-state index contributed by atoms with van der Waals surface area (Å²) in [4.78, 5) is 14.5. The minimum atomic E-state index is 0.0921. The molecule has 2 heterocycles. The standard InChI is InChI=1S/C15H24N4O/c1-4-7-16-13-5-8-19(9-6-13)15(20)14-10-11(2)17-18-12(14)3/h10,13,16H,4-9H2,1-3H3. The highest BCUT2D eigenvalue weighted by Gasteiger charge is 2.24. The van der Waals surface area contributed by atoms with Crippen LogP contribution in [-0.4, -0.2) is 46.7 Å². The van der Waals surface area contributed by atoms with E-state index in [1.165, 1.54) is 0 Å². The number of nitrogens with zero attached hydrogens (tertiary/aromatic N) is 3. The highest BCUT2D eigenvalue weighted by Crippen LogP contribution is 2.15. The minimum absolute atomic E-state index is 0.0921. The summed E-state index contributed by atoms with van der Waals surface area (Å²) in [5, 5.41) is 11.6. The average Bonchev–Trinajstić information content (AvgIpc) is 2.47. The van der Waals surface area contributed by atoms with Crippen molar-refractivity contribution in [3.05, 3.63) is 23.0 Å². The van der Waals surface area contributed by atoms with Crippen molar-refractivity contribution in [2.45, 2.75) is 46.1 Å². The topological polar surface area (TPSA) is 58.1 Å². The summed E-state index contributed by atoms with van der Waals surface area (Å²) in [6.07, 6.45) is 3.21. The summed E-state index contributed by atoms with van der Waals surface area (Å²) >= 11 is 0. The molecule has 5 nitrogen and oxygen atoms in total. The number of carbonyl (C=O) groups is 1. The molecule has 0 saturated carbocycles. The van der Waals surface area contributed by atoms with Crippen molar-refractivity contribution in [3.8, 4) is 0 Å². The van der Waals surface area contributed by atoms with Gasteiger partial charge in [-0.2, -0.15) is 10.2 Å². The van der Waals surface area contributed by atoms with Gasteiger partial charge >= 0.3 is 0 Å². The lowest BCUT2D eigenvalue weighted by Gasteiger charge is -2.32. The summed E-state index contributed by atoms with van der Waals surface area (Å²) in [5.74, 6) is 0.0921. The highest BCUT2D eigenvalue weighted by molar-refractivity contribution is 5.95. The van der Waals surface area contributed by atoms with Gasteiger partial charge in [0.1, 0.15) is 0 Å². The summed E-state index contributed by atoms with van der Waals surface area (Å²) in [5.41, 5.74) is 2.20. The molecule has 1 N–H and O–H groups in total. The third-order valence-corrected chi connectivity index (χ3v) is 3.80. The Labute approximate surface area is 120 Å². The van der Waals surface area contributed by atoms with Crippen molar-refractivity contribution in [1.82, 2.24) is 20.4 Å². The van der Waals surface area contributed by atoms with Crippen molar-refractivity contribution >= 4 is 5.91 Å². The van der Waals surface area contributed by atoms with Gasteiger partial charge in [0.2, 0.25) is 0 Å². The monoisotopic (exact) mass is 276 g/mol. The van der Waals surface area contributed by atoms with Gasteiger partial charge < -0.3 is 10.2 Å². The number of amides is 1. The van der Waals surface area contributed by atoms with E-state index in [1.54, 1.807) is 0 Å². The minimum Gasteiger partial charge on any atom is -0.338 e. The number of hydrogen-bond acceptors (Lipinski definition) is 4. The first kappa shape index (κ1) is 14.9. The van der Waals surface area contributed by atoms with Gasteiger partial charge in [-0.15, -0.1) is 0 Å². The quantitative estimate of drug-likeness (QED) is 0.909. The molecule has 110 valence electrons. The molecular weight excluding hydrogens is 252 g/mol. The Kier molecular flexibility index (Phi) is 5.06. The first-order valence-corrected chi connectivity index (χ1v) is 7.45. The van der Waals surface area contributed by atoms with Gasteiger partial charge in [0.05, 0.1) is 17.0 Å². The second-order valence-electron chi connectivity index (χ2n) is 5.51. The fourth-order valence-corrected chi connectivity index (χ4v) is 2.57. The van der Waals surface area contributed by atoms with Crippen molar-refractivity contribution in [3.63, 3.8) is 0 Å². The zero-order valence-electron chi connectivity index (χ0n) is 12.6. The van der Waals surface area contributed by atoms with E-state index < -0.39 is 0 Å². The van der Waals surface area contributed by atoms with Crippen LogP contribution in [0.25, 0.3) is 0 Å². The van der Waals surface area contributed by atoms with Crippen LogP contribution in [0.15, 0.2) is 6.07 Å². The molecule has 0 spiro atoms. The number of hydrogen-bond donors (Lipinski definition) is 1. The molecular formula is C15H24N4O. The van der Waals surface area contributed by atoms with Crippen LogP contribution in [0.3, 0.4) is 0 Å². The number of nitrogens with one attached hydrogen (secondary N) is 1. The molecule has 5 heteroatoms. The Morgan fingerprint density at radius 2 is 2.05 bits per heavy atom. The number of rotatable bonds is 4. The second kappa shape index (κ2) is 6.79. The molecule has 2 rings (SSSR count). The maximum atomic E-state index is 12.5. The molecule has 0 bridgehead atoms. The molecule has 1 amide bonds. The SMILES string of the molecule is CCCNC1CCN(C(=O)c2cc(C)nnc2C)CC1. The summed E-state index contributed by atoms with van der Waals surface area (Å²) in [6.45, 7) is 8.58. The van der Waals surface area contributed by atoms with Crippen molar-refractivity contribution in [1.29, 1.82) is 0 Å². The van der Waals surface area contributed by atoms with E-state index in [0.29, 0.717) is 17.3 Å². The fraction of sp³-hybridized carbons (Fsp3) is 0.667. The third-order valence-electron chi connectivity index (χ3n) is 3.80. The number of carbonyl (C=O) groups excluding carboxylic acids is 1. The van der Waals surface area contributed by atoms with Crippen molar-refractivity contribution in [2.24, 2.45) is 0 Å².